The highest BCUT2D eigenvalue weighted by Crippen LogP contribution is 2.21. The van der Waals surface area contributed by atoms with E-state index in [9.17, 15) is 10.1 Å². The third kappa shape index (κ3) is 3.98. The minimum atomic E-state index is -0.491. The van der Waals surface area contributed by atoms with Gasteiger partial charge in [0.15, 0.2) is 6.20 Å². The molecule has 1 aromatic heterocycles. The lowest BCUT2D eigenvalue weighted by Gasteiger charge is -2.25. The van der Waals surface area contributed by atoms with Crippen molar-refractivity contribution in [2.45, 2.75) is 27.7 Å². The molecule has 0 atom stereocenters. The van der Waals surface area contributed by atoms with Crippen LogP contribution >= 0.6 is 0 Å². The minimum absolute atomic E-state index is 0.121. The van der Waals surface area contributed by atoms with Crippen molar-refractivity contribution in [3.63, 3.8) is 0 Å². The molecular weight excluding hydrogens is 230 g/mol. The van der Waals surface area contributed by atoms with E-state index in [2.05, 4.69) is 38.0 Å². The van der Waals surface area contributed by atoms with E-state index in [4.69, 9.17) is 0 Å². The molecule has 0 unspecified atom stereocenters. The lowest BCUT2D eigenvalue weighted by Crippen LogP contribution is -2.24. The molecule has 5 heteroatoms. The van der Waals surface area contributed by atoms with Gasteiger partial charge in [-0.15, -0.1) is 0 Å². The van der Waals surface area contributed by atoms with Crippen LogP contribution in [-0.2, 0) is 0 Å². The van der Waals surface area contributed by atoms with Gasteiger partial charge in [0.1, 0.15) is 0 Å². The topological polar surface area (TPSA) is 68.1 Å². The standard InChI is InChI=1S/C13H21N3O2/c1-9(2)12(10(3)4)8-14-11-5-6-13(15-7-11)16(17)18/h5-7,9-10,12,14H,8H2,1-4H3. The van der Waals surface area contributed by atoms with Crippen LogP contribution in [0.5, 0.6) is 0 Å². The average molecular weight is 251 g/mol. The fraction of sp³-hybridized carbons (Fsp3) is 0.615. The Morgan fingerprint density at radius 3 is 2.28 bits per heavy atom. The zero-order chi connectivity index (χ0) is 13.7. The van der Waals surface area contributed by atoms with Crippen molar-refractivity contribution in [1.82, 2.24) is 4.98 Å². The molecule has 0 saturated heterocycles. The molecular formula is C13H21N3O2. The van der Waals surface area contributed by atoms with Gasteiger partial charge in [-0.2, -0.15) is 0 Å². The maximum Gasteiger partial charge on any atom is 0.363 e. The van der Waals surface area contributed by atoms with E-state index >= 15 is 0 Å². The van der Waals surface area contributed by atoms with Gasteiger partial charge in [0.25, 0.3) is 0 Å². The number of rotatable bonds is 6. The number of hydrogen-bond acceptors (Lipinski definition) is 4. The van der Waals surface area contributed by atoms with Gasteiger partial charge >= 0.3 is 5.82 Å². The maximum atomic E-state index is 10.5. The van der Waals surface area contributed by atoms with Crippen molar-refractivity contribution in [2.75, 3.05) is 11.9 Å². The van der Waals surface area contributed by atoms with Crippen LogP contribution in [0.3, 0.4) is 0 Å². The molecule has 0 saturated carbocycles. The summed E-state index contributed by atoms with van der Waals surface area (Å²) < 4.78 is 0. The van der Waals surface area contributed by atoms with Crippen LogP contribution in [0.25, 0.3) is 0 Å². The van der Waals surface area contributed by atoms with Gasteiger partial charge in [-0.1, -0.05) is 27.7 Å². The van der Waals surface area contributed by atoms with E-state index in [1.54, 1.807) is 6.07 Å². The summed E-state index contributed by atoms with van der Waals surface area (Å²) in [4.78, 5) is 13.8. The van der Waals surface area contributed by atoms with Crippen LogP contribution in [0.15, 0.2) is 18.3 Å². The molecule has 1 N–H and O–H groups in total. The zero-order valence-electron chi connectivity index (χ0n) is 11.4. The summed E-state index contributed by atoms with van der Waals surface area (Å²) in [5.74, 6) is 1.65. The van der Waals surface area contributed by atoms with Crippen molar-refractivity contribution in [2.24, 2.45) is 17.8 Å². The lowest BCUT2D eigenvalue weighted by molar-refractivity contribution is -0.389. The number of aromatic nitrogens is 1. The fourth-order valence-electron chi connectivity index (χ4n) is 2.08. The van der Waals surface area contributed by atoms with Crippen molar-refractivity contribution >= 4 is 11.5 Å². The molecule has 0 aliphatic carbocycles. The van der Waals surface area contributed by atoms with Gasteiger partial charge in [-0.05, 0) is 33.7 Å². The van der Waals surface area contributed by atoms with Crippen molar-refractivity contribution in [3.8, 4) is 0 Å². The van der Waals surface area contributed by atoms with Gasteiger partial charge in [-0.3, -0.25) is 0 Å². The summed E-state index contributed by atoms with van der Waals surface area (Å²) in [6.45, 7) is 9.69. The number of hydrogen-bond donors (Lipinski definition) is 1. The Kier molecular flexibility index (Phi) is 5.07. The quantitative estimate of drug-likeness (QED) is 0.622. The first-order valence-electron chi connectivity index (χ1n) is 6.26. The smallest absolute Gasteiger partial charge is 0.363 e. The predicted molar refractivity (Wildman–Crippen MR) is 72.5 cm³/mol. The molecule has 5 nitrogen and oxygen atoms in total. The molecule has 0 spiro atoms. The van der Waals surface area contributed by atoms with Crippen LogP contribution in [-0.4, -0.2) is 16.5 Å². The third-order valence-electron chi connectivity index (χ3n) is 3.19. The molecule has 18 heavy (non-hydrogen) atoms. The second-order valence-corrected chi connectivity index (χ2v) is 5.19. The average Bonchev–Trinajstić information content (AvgIpc) is 2.28. The van der Waals surface area contributed by atoms with Gasteiger partial charge in [0, 0.05) is 12.6 Å². The first-order valence-corrected chi connectivity index (χ1v) is 6.26. The summed E-state index contributed by atoms with van der Waals surface area (Å²) >= 11 is 0. The highest BCUT2D eigenvalue weighted by Gasteiger charge is 2.17. The third-order valence-corrected chi connectivity index (χ3v) is 3.19. The Morgan fingerprint density at radius 2 is 1.89 bits per heavy atom. The van der Waals surface area contributed by atoms with E-state index in [0.29, 0.717) is 17.8 Å². The summed E-state index contributed by atoms with van der Waals surface area (Å²) in [6, 6.07) is 3.12. The fourth-order valence-corrected chi connectivity index (χ4v) is 2.08. The Balaban J connectivity index is 2.60. The summed E-state index contributed by atoms with van der Waals surface area (Å²) in [5, 5.41) is 13.8. The van der Waals surface area contributed by atoms with Gasteiger partial charge < -0.3 is 15.4 Å². The highest BCUT2D eigenvalue weighted by atomic mass is 16.6. The molecule has 1 aromatic rings. The molecule has 0 amide bonds. The number of nitro groups is 1. The van der Waals surface area contributed by atoms with Gasteiger partial charge in [-0.25, -0.2) is 0 Å². The van der Waals surface area contributed by atoms with Gasteiger partial charge in [0.2, 0.25) is 0 Å². The zero-order valence-corrected chi connectivity index (χ0v) is 11.4. The second-order valence-electron chi connectivity index (χ2n) is 5.19. The van der Waals surface area contributed by atoms with E-state index in [1.807, 2.05) is 0 Å². The van der Waals surface area contributed by atoms with E-state index in [-0.39, 0.29) is 5.82 Å². The Morgan fingerprint density at radius 1 is 1.28 bits per heavy atom. The molecule has 0 radical (unpaired) electrons. The molecule has 0 aromatic carbocycles. The maximum absolute atomic E-state index is 10.5. The monoisotopic (exact) mass is 251 g/mol. The van der Waals surface area contributed by atoms with Crippen LogP contribution < -0.4 is 5.32 Å². The highest BCUT2D eigenvalue weighted by molar-refractivity contribution is 5.43. The normalized spacial score (nSPS) is 11.3. The van der Waals surface area contributed by atoms with Crippen molar-refractivity contribution < 1.29 is 4.92 Å². The molecule has 1 rings (SSSR count). The molecule has 0 aliphatic heterocycles. The molecule has 0 bridgehead atoms. The summed E-state index contributed by atoms with van der Waals surface area (Å²) in [6.07, 6.45) is 1.51. The lowest BCUT2D eigenvalue weighted by atomic mass is 9.85. The minimum Gasteiger partial charge on any atom is -0.382 e. The summed E-state index contributed by atoms with van der Waals surface area (Å²) in [5.41, 5.74) is 0.826. The molecule has 100 valence electrons. The largest absolute Gasteiger partial charge is 0.382 e. The van der Waals surface area contributed by atoms with E-state index in [1.165, 1.54) is 12.3 Å². The van der Waals surface area contributed by atoms with Crippen molar-refractivity contribution in [3.05, 3.63) is 28.4 Å². The number of anilines is 1. The second kappa shape index (κ2) is 6.33. The number of nitrogens with one attached hydrogen (secondary N) is 1. The first kappa shape index (κ1) is 14.4. The molecule has 0 aliphatic rings. The van der Waals surface area contributed by atoms with E-state index in [0.717, 1.165) is 12.2 Å². The van der Waals surface area contributed by atoms with Crippen molar-refractivity contribution in [1.29, 1.82) is 0 Å². The molecule has 0 fully saturated rings. The number of nitrogens with zero attached hydrogens (tertiary/aromatic N) is 2. The van der Waals surface area contributed by atoms with Crippen LogP contribution in [0.2, 0.25) is 0 Å². The summed E-state index contributed by atoms with van der Waals surface area (Å²) in [7, 11) is 0. The van der Waals surface area contributed by atoms with Crippen LogP contribution in [0, 0.1) is 27.9 Å². The molecule has 1 heterocycles. The number of pyridine rings is 1. The van der Waals surface area contributed by atoms with Gasteiger partial charge in [0.05, 0.1) is 5.69 Å². The Bertz CT molecular complexity index is 380. The van der Waals surface area contributed by atoms with Crippen LogP contribution in [0.4, 0.5) is 11.5 Å². The Hall–Kier alpha value is -1.65. The van der Waals surface area contributed by atoms with E-state index < -0.39 is 4.92 Å². The first-order chi connectivity index (χ1) is 8.41. The Labute approximate surface area is 108 Å². The predicted octanol–water partition coefficient (Wildman–Crippen LogP) is 3.33. The SMILES string of the molecule is CC(C)C(CNc1ccc([N+](=O)[O-])nc1)C(C)C. The van der Waals surface area contributed by atoms with Crippen LogP contribution in [0.1, 0.15) is 27.7 Å².